The Hall–Kier alpha value is -2.09. The number of nitrogen functional groups attached to an aromatic ring is 1. The van der Waals surface area contributed by atoms with E-state index in [-0.39, 0.29) is 23.3 Å². The predicted octanol–water partition coefficient (Wildman–Crippen LogP) is 1.79. The number of aromatic nitrogens is 1. The van der Waals surface area contributed by atoms with Crippen LogP contribution in [0.3, 0.4) is 0 Å². The molecule has 0 spiro atoms. The first-order valence-electron chi connectivity index (χ1n) is 4.50. The third-order valence-electron chi connectivity index (χ3n) is 1.66. The maximum Gasteiger partial charge on any atom is 0.412 e. The number of ether oxygens (including phenoxy) is 1. The highest BCUT2D eigenvalue weighted by Crippen LogP contribution is 2.31. The molecule has 0 radical (unpaired) electrons. The number of nitro groups is 1. The van der Waals surface area contributed by atoms with Gasteiger partial charge in [-0.05, 0) is 6.92 Å². The van der Waals surface area contributed by atoms with Gasteiger partial charge in [0, 0.05) is 6.07 Å². The monoisotopic (exact) mass is 260 g/mol. The van der Waals surface area contributed by atoms with E-state index in [2.05, 4.69) is 15.0 Å². The lowest BCUT2D eigenvalue weighted by molar-refractivity contribution is -0.384. The molecule has 1 aromatic heterocycles. The van der Waals surface area contributed by atoms with E-state index in [0.29, 0.717) is 0 Å². The van der Waals surface area contributed by atoms with E-state index in [1.54, 1.807) is 6.92 Å². The largest absolute Gasteiger partial charge is 0.450 e. The van der Waals surface area contributed by atoms with Crippen LogP contribution in [-0.2, 0) is 4.74 Å². The van der Waals surface area contributed by atoms with E-state index in [1.807, 2.05) is 0 Å². The Bertz CT molecular complexity index is 442. The number of nitrogens with two attached hydrogens (primary N) is 1. The van der Waals surface area contributed by atoms with Crippen LogP contribution >= 0.6 is 11.6 Å². The van der Waals surface area contributed by atoms with Gasteiger partial charge >= 0.3 is 11.8 Å². The quantitative estimate of drug-likeness (QED) is 0.631. The summed E-state index contributed by atoms with van der Waals surface area (Å²) in [6.45, 7) is 1.81. The molecule has 9 heteroatoms. The first-order chi connectivity index (χ1) is 7.95. The number of hydrogen-bond donors (Lipinski definition) is 2. The van der Waals surface area contributed by atoms with Crippen LogP contribution in [0.4, 0.5) is 22.1 Å². The van der Waals surface area contributed by atoms with Crippen LogP contribution in [0.5, 0.6) is 0 Å². The van der Waals surface area contributed by atoms with Crippen molar-refractivity contribution in [2.24, 2.45) is 0 Å². The summed E-state index contributed by atoms with van der Waals surface area (Å²) in [6, 6.07) is 1.12. The number of carbonyl (C=O) groups is 1. The number of nitrogens with one attached hydrogen (secondary N) is 1. The molecule has 1 rings (SSSR count). The fourth-order valence-electron chi connectivity index (χ4n) is 1.04. The third-order valence-corrected chi connectivity index (χ3v) is 1.95. The molecule has 0 aromatic carbocycles. The van der Waals surface area contributed by atoms with Crippen LogP contribution in [0.25, 0.3) is 0 Å². The van der Waals surface area contributed by atoms with Crippen molar-refractivity contribution >= 4 is 35.0 Å². The van der Waals surface area contributed by atoms with Crippen molar-refractivity contribution in [1.82, 2.24) is 4.98 Å². The van der Waals surface area contributed by atoms with Gasteiger partial charge in [-0.25, -0.2) is 9.78 Å². The molecule has 0 aliphatic rings. The summed E-state index contributed by atoms with van der Waals surface area (Å²) in [4.78, 5) is 24.5. The Labute approximate surface area is 101 Å². The van der Waals surface area contributed by atoms with Crippen molar-refractivity contribution in [1.29, 1.82) is 0 Å². The van der Waals surface area contributed by atoms with Crippen LogP contribution < -0.4 is 11.1 Å². The molecule has 3 N–H and O–H groups in total. The van der Waals surface area contributed by atoms with Gasteiger partial charge in [0.2, 0.25) is 5.82 Å². The molecule has 0 unspecified atom stereocenters. The smallest absolute Gasteiger partial charge is 0.412 e. The van der Waals surface area contributed by atoms with E-state index in [1.165, 1.54) is 0 Å². The number of carbonyl (C=O) groups excluding carboxylic acids is 1. The average Bonchev–Trinajstić information content (AvgIpc) is 2.15. The minimum atomic E-state index is -0.751. The SMILES string of the molecule is CCOC(=O)Nc1cc(Cl)c([N+](=O)[O-])c(N)n1. The molecular formula is C8H9ClN4O4. The average molecular weight is 261 g/mol. The van der Waals surface area contributed by atoms with Crippen LogP contribution in [0.1, 0.15) is 6.92 Å². The topological polar surface area (TPSA) is 120 Å². The lowest BCUT2D eigenvalue weighted by Gasteiger charge is -2.06. The zero-order chi connectivity index (χ0) is 13.0. The van der Waals surface area contributed by atoms with Crippen molar-refractivity contribution in [3.63, 3.8) is 0 Å². The number of amides is 1. The van der Waals surface area contributed by atoms with Gasteiger partial charge in [0.25, 0.3) is 0 Å². The summed E-state index contributed by atoms with van der Waals surface area (Å²) in [5.41, 5.74) is 4.84. The van der Waals surface area contributed by atoms with Gasteiger partial charge < -0.3 is 10.5 Å². The molecule has 0 saturated carbocycles. The second-order valence-corrected chi connectivity index (χ2v) is 3.23. The maximum absolute atomic E-state index is 11.1. The molecule has 0 saturated heterocycles. The molecule has 0 fully saturated rings. The third kappa shape index (κ3) is 3.18. The first-order valence-corrected chi connectivity index (χ1v) is 4.87. The van der Waals surface area contributed by atoms with Crippen LogP contribution in [-0.4, -0.2) is 22.6 Å². The van der Waals surface area contributed by atoms with E-state index >= 15 is 0 Å². The molecule has 1 heterocycles. The number of rotatable bonds is 3. The zero-order valence-electron chi connectivity index (χ0n) is 8.77. The lowest BCUT2D eigenvalue weighted by atomic mass is 10.4. The fourth-order valence-corrected chi connectivity index (χ4v) is 1.31. The summed E-state index contributed by atoms with van der Waals surface area (Å²) in [5.74, 6) is -0.397. The summed E-state index contributed by atoms with van der Waals surface area (Å²) < 4.78 is 4.60. The number of nitrogens with zero attached hydrogens (tertiary/aromatic N) is 2. The molecule has 17 heavy (non-hydrogen) atoms. The molecule has 0 bridgehead atoms. The van der Waals surface area contributed by atoms with E-state index in [4.69, 9.17) is 17.3 Å². The second kappa shape index (κ2) is 5.30. The highest BCUT2D eigenvalue weighted by molar-refractivity contribution is 6.33. The summed E-state index contributed by atoms with van der Waals surface area (Å²) >= 11 is 5.64. The van der Waals surface area contributed by atoms with Crippen LogP contribution in [0.2, 0.25) is 5.02 Å². The van der Waals surface area contributed by atoms with Gasteiger partial charge in [-0.15, -0.1) is 0 Å². The molecule has 1 amide bonds. The van der Waals surface area contributed by atoms with E-state index < -0.39 is 16.7 Å². The number of halogens is 1. The van der Waals surface area contributed by atoms with Crippen molar-refractivity contribution in [2.45, 2.75) is 6.92 Å². The molecule has 92 valence electrons. The van der Waals surface area contributed by atoms with Crippen molar-refractivity contribution in [3.05, 3.63) is 21.2 Å². The number of hydrogen-bond acceptors (Lipinski definition) is 6. The predicted molar refractivity (Wildman–Crippen MR) is 61.0 cm³/mol. The van der Waals surface area contributed by atoms with Crippen molar-refractivity contribution in [2.75, 3.05) is 17.7 Å². The summed E-state index contributed by atoms with van der Waals surface area (Å²) in [6.07, 6.45) is -0.746. The van der Waals surface area contributed by atoms with E-state index in [0.717, 1.165) is 6.07 Å². The Morgan fingerprint density at radius 1 is 1.76 bits per heavy atom. The van der Waals surface area contributed by atoms with Crippen LogP contribution in [0.15, 0.2) is 6.07 Å². The van der Waals surface area contributed by atoms with Crippen molar-refractivity contribution < 1.29 is 14.5 Å². The Morgan fingerprint density at radius 3 is 2.88 bits per heavy atom. The number of anilines is 2. The van der Waals surface area contributed by atoms with Crippen molar-refractivity contribution in [3.8, 4) is 0 Å². The lowest BCUT2D eigenvalue weighted by Crippen LogP contribution is -2.15. The standard InChI is InChI=1S/C8H9ClN4O4/c1-2-17-8(14)12-5-3-4(9)6(13(15)16)7(10)11-5/h3H,2H2,1H3,(H3,10,11,12,14). The van der Waals surface area contributed by atoms with Gasteiger partial charge in [0.1, 0.15) is 10.8 Å². The van der Waals surface area contributed by atoms with Gasteiger partial charge in [0.15, 0.2) is 0 Å². The van der Waals surface area contributed by atoms with Gasteiger partial charge in [0.05, 0.1) is 11.5 Å². The second-order valence-electron chi connectivity index (χ2n) is 2.83. The molecule has 8 nitrogen and oxygen atoms in total. The van der Waals surface area contributed by atoms with Crippen LogP contribution in [0, 0.1) is 10.1 Å². The molecule has 0 aliphatic heterocycles. The normalized spacial score (nSPS) is 9.76. The minimum absolute atomic E-state index is 0.0171. The molecule has 0 atom stereocenters. The summed E-state index contributed by atoms with van der Waals surface area (Å²) in [7, 11) is 0. The number of pyridine rings is 1. The minimum Gasteiger partial charge on any atom is -0.450 e. The highest BCUT2D eigenvalue weighted by Gasteiger charge is 2.20. The van der Waals surface area contributed by atoms with Gasteiger partial charge in [-0.2, -0.15) is 0 Å². The fraction of sp³-hybridized carbons (Fsp3) is 0.250. The van der Waals surface area contributed by atoms with Gasteiger partial charge in [-0.1, -0.05) is 11.6 Å². The summed E-state index contributed by atoms with van der Waals surface area (Å²) in [5, 5.41) is 12.6. The first kappa shape index (κ1) is 13.0. The Balaban J connectivity index is 2.98. The zero-order valence-corrected chi connectivity index (χ0v) is 9.52. The van der Waals surface area contributed by atoms with E-state index in [9.17, 15) is 14.9 Å². The molecule has 0 aliphatic carbocycles. The molecular weight excluding hydrogens is 252 g/mol. The maximum atomic E-state index is 11.1. The Kier molecular flexibility index (Phi) is 4.05. The highest BCUT2D eigenvalue weighted by atomic mass is 35.5. The molecule has 1 aromatic rings. The Morgan fingerprint density at radius 2 is 2.41 bits per heavy atom. The van der Waals surface area contributed by atoms with Gasteiger partial charge in [-0.3, -0.25) is 15.4 Å².